The highest BCUT2D eigenvalue weighted by atomic mass is 15.3. The fourth-order valence-electron chi connectivity index (χ4n) is 2.37. The van der Waals surface area contributed by atoms with E-state index in [9.17, 15) is 0 Å². The van der Waals surface area contributed by atoms with Gasteiger partial charge in [0, 0.05) is 19.1 Å². The Morgan fingerprint density at radius 2 is 2.33 bits per heavy atom. The summed E-state index contributed by atoms with van der Waals surface area (Å²) in [5, 5.41) is 20.0. The van der Waals surface area contributed by atoms with Crippen molar-refractivity contribution in [2.45, 2.75) is 38.6 Å². The van der Waals surface area contributed by atoms with Crippen LogP contribution in [-0.2, 0) is 0 Å². The second-order valence-corrected chi connectivity index (χ2v) is 5.26. The van der Waals surface area contributed by atoms with Crippen LogP contribution in [0.5, 0.6) is 0 Å². The Hall–Kier alpha value is -2.36. The first-order chi connectivity index (χ1) is 10.3. The van der Waals surface area contributed by atoms with Crippen LogP contribution in [0.3, 0.4) is 0 Å². The van der Waals surface area contributed by atoms with Crippen LogP contribution in [0.1, 0.15) is 32.6 Å². The molecule has 1 fully saturated rings. The molecule has 2 N–H and O–H groups in total. The summed E-state index contributed by atoms with van der Waals surface area (Å²) in [4.78, 5) is 11.3. The molecule has 0 bridgehead atoms. The molecule has 2 heterocycles. The Morgan fingerprint density at radius 3 is 3.05 bits per heavy atom. The number of nitriles is 1. The predicted molar refractivity (Wildman–Crippen MR) is 81.1 cm³/mol. The van der Waals surface area contributed by atoms with Crippen LogP contribution >= 0.6 is 0 Å². The average molecular weight is 285 g/mol. The van der Waals surface area contributed by atoms with Gasteiger partial charge in [-0.25, -0.2) is 0 Å². The van der Waals surface area contributed by atoms with Crippen LogP contribution in [0.2, 0.25) is 0 Å². The summed E-state index contributed by atoms with van der Waals surface area (Å²) in [6.07, 6.45) is 5.59. The molecule has 2 aromatic heterocycles. The average Bonchev–Trinajstić information content (AvgIpc) is 3.22. The number of hydrogen-bond acceptors (Lipinski definition) is 6. The minimum Gasteiger partial charge on any atom is -0.354 e. The second-order valence-electron chi connectivity index (χ2n) is 5.26. The molecule has 0 radical (unpaired) electrons. The van der Waals surface area contributed by atoms with Crippen LogP contribution in [0.15, 0.2) is 6.20 Å². The minimum atomic E-state index is 0.491. The van der Waals surface area contributed by atoms with Gasteiger partial charge >= 0.3 is 0 Å². The number of hydrogen-bond donors (Lipinski definition) is 2. The van der Waals surface area contributed by atoms with Gasteiger partial charge in [0.05, 0.1) is 24.1 Å². The van der Waals surface area contributed by atoms with Crippen molar-refractivity contribution in [3.05, 3.63) is 6.20 Å². The summed E-state index contributed by atoms with van der Waals surface area (Å²) < 4.78 is 0. The third-order valence-electron chi connectivity index (χ3n) is 3.55. The van der Waals surface area contributed by atoms with Gasteiger partial charge < -0.3 is 10.2 Å². The zero-order valence-corrected chi connectivity index (χ0v) is 12.1. The molecule has 110 valence electrons. The standard InChI is InChI=1S/C14H19N7/c1-2-7-16-14-18-12-11(9-17-20-12)13(19-14)21(8-3-6-15)10-4-5-10/h9-10H,2-5,7-8H2,1H3,(H2,16,17,18,19,20). The predicted octanol–water partition coefficient (Wildman–Crippen LogP) is 2.06. The SMILES string of the molecule is CCCNc1nc(N(CCC#N)C2CC2)c2cn[nH]c2n1. The van der Waals surface area contributed by atoms with Crippen molar-refractivity contribution in [1.82, 2.24) is 20.2 Å². The molecule has 1 saturated carbocycles. The lowest BCUT2D eigenvalue weighted by Gasteiger charge is -2.23. The van der Waals surface area contributed by atoms with E-state index >= 15 is 0 Å². The van der Waals surface area contributed by atoms with Crippen LogP contribution in [0, 0.1) is 11.3 Å². The van der Waals surface area contributed by atoms with E-state index in [-0.39, 0.29) is 0 Å². The molecule has 7 nitrogen and oxygen atoms in total. The van der Waals surface area contributed by atoms with E-state index in [1.807, 2.05) is 0 Å². The second kappa shape index (κ2) is 5.95. The topological polar surface area (TPSA) is 93.5 Å². The molecule has 0 unspecified atom stereocenters. The summed E-state index contributed by atoms with van der Waals surface area (Å²) in [7, 11) is 0. The molecule has 1 aliphatic carbocycles. The van der Waals surface area contributed by atoms with Crippen LogP contribution in [0.4, 0.5) is 11.8 Å². The molecule has 0 aliphatic heterocycles. The van der Waals surface area contributed by atoms with E-state index in [1.54, 1.807) is 6.20 Å². The maximum Gasteiger partial charge on any atom is 0.226 e. The van der Waals surface area contributed by atoms with Gasteiger partial charge in [0.15, 0.2) is 5.65 Å². The number of fused-ring (bicyclic) bond motifs is 1. The zero-order valence-electron chi connectivity index (χ0n) is 12.1. The molecular formula is C14H19N7. The fourth-order valence-corrected chi connectivity index (χ4v) is 2.37. The van der Waals surface area contributed by atoms with Gasteiger partial charge in [0.25, 0.3) is 0 Å². The lowest BCUT2D eigenvalue weighted by molar-refractivity contribution is 0.780. The quantitative estimate of drug-likeness (QED) is 0.808. The number of aromatic nitrogens is 4. The number of nitrogens with zero attached hydrogens (tertiary/aromatic N) is 5. The van der Waals surface area contributed by atoms with Crippen molar-refractivity contribution in [3.8, 4) is 6.07 Å². The third kappa shape index (κ3) is 2.89. The molecule has 0 amide bonds. The smallest absolute Gasteiger partial charge is 0.226 e. The highest BCUT2D eigenvalue weighted by molar-refractivity contribution is 5.87. The molecule has 7 heteroatoms. The summed E-state index contributed by atoms with van der Waals surface area (Å²) in [5.74, 6) is 1.50. The van der Waals surface area contributed by atoms with Gasteiger partial charge in [-0.1, -0.05) is 6.92 Å². The maximum atomic E-state index is 8.87. The first kappa shape index (κ1) is 13.6. The normalized spacial score (nSPS) is 14.1. The summed E-state index contributed by atoms with van der Waals surface area (Å²) in [6, 6.07) is 2.71. The Kier molecular flexibility index (Phi) is 3.86. The van der Waals surface area contributed by atoms with Gasteiger partial charge in [-0.3, -0.25) is 5.10 Å². The number of rotatable bonds is 7. The van der Waals surface area contributed by atoms with Crippen molar-refractivity contribution in [3.63, 3.8) is 0 Å². The molecule has 21 heavy (non-hydrogen) atoms. The Labute approximate surface area is 123 Å². The van der Waals surface area contributed by atoms with Crippen LogP contribution in [-0.4, -0.2) is 39.3 Å². The summed E-state index contributed by atoms with van der Waals surface area (Å²) in [6.45, 7) is 3.64. The first-order valence-electron chi connectivity index (χ1n) is 7.42. The van der Waals surface area contributed by atoms with Gasteiger partial charge in [-0.2, -0.15) is 20.3 Å². The highest BCUT2D eigenvalue weighted by Crippen LogP contribution is 2.34. The van der Waals surface area contributed by atoms with E-state index in [0.29, 0.717) is 25.0 Å². The monoisotopic (exact) mass is 285 g/mol. The minimum absolute atomic E-state index is 0.491. The van der Waals surface area contributed by atoms with Gasteiger partial charge in [0.1, 0.15) is 5.82 Å². The Bertz CT molecular complexity index is 653. The van der Waals surface area contributed by atoms with E-state index < -0.39 is 0 Å². The first-order valence-corrected chi connectivity index (χ1v) is 7.42. The van der Waals surface area contributed by atoms with E-state index in [2.05, 4.69) is 43.4 Å². The van der Waals surface area contributed by atoms with Crippen molar-refractivity contribution >= 4 is 22.8 Å². The molecule has 2 aromatic rings. The van der Waals surface area contributed by atoms with Crippen molar-refractivity contribution < 1.29 is 0 Å². The van der Waals surface area contributed by atoms with Crippen LogP contribution in [0.25, 0.3) is 11.0 Å². The van der Waals surface area contributed by atoms with Crippen LogP contribution < -0.4 is 10.2 Å². The summed E-state index contributed by atoms with van der Waals surface area (Å²) >= 11 is 0. The van der Waals surface area contributed by atoms with E-state index in [4.69, 9.17) is 5.26 Å². The van der Waals surface area contributed by atoms with Crippen molar-refractivity contribution in [2.24, 2.45) is 0 Å². The molecule has 3 rings (SSSR count). The number of aromatic amines is 1. The lowest BCUT2D eigenvalue weighted by atomic mass is 10.3. The van der Waals surface area contributed by atoms with Gasteiger partial charge in [-0.15, -0.1) is 0 Å². The molecule has 0 atom stereocenters. The largest absolute Gasteiger partial charge is 0.354 e. The molecular weight excluding hydrogens is 266 g/mol. The molecule has 0 saturated heterocycles. The van der Waals surface area contributed by atoms with Gasteiger partial charge in [0.2, 0.25) is 5.95 Å². The van der Waals surface area contributed by atoms with E-state index in [1.165, 1.54) is 0 Å². The Morgan fingerprint density at radius 1 is 1.48 bits per heavy atom. The number of anilines is 2. The summed E-state index contributed by atoms with van der Waals surface area (Å²) in [5.41, 5.74) is 0.737. The number of nitrogens with one attached hydrogen (secondary N) is 2. The lowest BCUT2D eigenvalue weighted by Crippen LogP contribution is -2.28. The fraction of sp³-hybridized carbons (Fsp3) is 0.571. The molecule has 0 spiro atoms. The maximum absolute atomic E-state index is 8.87. The highest BCUT2D eigenvalue weighted by Gasteiger charge is 2.31. The third-order valence-corrected chi connectivity index (χ3v) is 3.55. The van der Waals surface area contributed by atoms with Gasteiger partial charge in [-0.05, 0) is 19.3 Å². The molecule has 0 aromatic carbocycles. The van der Waals surface area contributed by atoms with Crippen molar-refractivity contribution in [1.29, 1.82) is 5.26 Å². The Balaban J connectivity index is 1.97. The zero-order chi connectivity index (χ0) is 14.7. The van der Waals surface area contributed by atoms with Crippen molar-refractivity contribution in [2.75, 3.05) is 23.3 Å². The van der Waals surface area contributed by atoms with E-state index in [0.717, 1.165) is 42.7 Å². The number of H-pyrrole nitrogens is 1. The molecule has 1 aliphatic rings.